The Balaban J connectivity index is 1.96. The van der Waals surface area contributed by atoms with E-state index in [0.717, 1.165) is 11.3 Å². The molecule has 1 atom stereocenters. The van der Waals surface area contributed by atoms with Gasteiger partial charge in [-0.2, -0.15) is 0 Å². The number of hydrogen-bond donors (Lipinski definition) is 0. The van der Waals surface area contributed by atoms with Crippen LogP contribution < -0.4 is 24.4 Å². The molecule has 0 N–H and O–H groups in total. The molecule has 0 saturated carbocycles. The third kappa shape index (κ3) is 6.18. The van der Waals surface area contributed by atoms with Crippen molar-refractivity contribution in [2.75, 3.05) is 13.2 Å². The molecule has 0 fully saturated rings. The number of carbonyl (C=O) groups is 1. The van der Waals surface area contributed by atoms with E-state index in [-0.39, 0.29) is 40.9 Å². The van der Waals surface area contributed by atoms with E-state index in [1.54, 1.807) is 38.1 Å². The molecule has 1 aromatic heterocycles. The predicted molar refractivity (Wildman–Crippen MR) is 159 cm³/mol. The quantitative estimate of drug-likeness (QED) is 0.135. The maximum absolute atomic E-state index is 14.0. The molecule has 0 saturated heterocycles. The van der Waals surface area contributed by atoms with Crippen LogP contribution in [0.4, 0.5) is 5.69 Å². The number of nitro groups is 1. The van der Waals surface area contributed by atoms with Crippen molar-refractivity contribution in [2.45, 2.75) is 39.8 Å². The van der Waals surface area contributed by atoms with E-state index in [4.69, 9.17) is 14.2 Å². The number of para-hydroxylation sites is 1. The number of nitrogens with zero attached hydrogens (tertiary/aromatic N) is 3. The Morgan fingerprint density at radius 1 is 1.32 bits per heavy atom. The summed E-state index contributed by atoms with van der Waals surface area (Å²) in [7, 11) is 0. The van der Waals surface area contributed by atoms with Crippen molar-refractivity contribution in [1.82, 2.24) is 4.57 Å². The molecule has 2 aromatic carbocycles. The summed E-state index contributed by atoms with van der Waals surface area (Å²) in [5.41, 5.74) is 0.974. The first kappa shape index (κ1) is 29.9. The molecule has 0 spiro atoms. The van der Waals surface area contributed by atoms with Crippen molar-refractivity contribution >= 4 is 45.0 Å². The van der Waals surface area contributed by atoms with Crippen molar-refractivity contribution in [2.24, 2.45) is 4.99 Å². The van der Waals surface area contributed by atoms with Gasteiger partial charge >= 0.3 is 11.7 Å². The molecular formula is C29H28BrN3O7S. The van der Waals surface area contributed by atoms with Crippen LogP contribution in [0.15, 0.2) is 74.6 Å². The first-order chi connectivity index (χ1) is 19.6. The van der Waals surface area contributed by atoms with Crippen molar-refractivity contribution in [3.05, 3.63) is 106 Å². The van der Waals surface area contributed by atoms with Gasteiger partial charge in [-0.15, -0.1) is 0 Å². The summed E-state index contributed by atoms with van der Waals surface area (Å²) in [6.07, 6.45) is 2.88. The molecule has 3 aromatic rings. The highest BCUT2D eigenvalue weighted by Crippen LogP contribution is 2.38. The minimum absolute atomic E-state index is 0.0602. The smallest absolute Gasteiger partial charge is 0.338 e. The Hall–Kier alpha value is -4.03. The van der Waals surface area contributed by atoms with Crippen LogP contribution >= 0.6 is 27.3 Å². The summed E-state index contributed by atoms with van der Waals surface area (Å²) in [6, 6.07) is 9.32. The van der Waals surface area contributed by atoms with E-state index in [2.05, 4.69) is 27.5 Å². The largest absolute Gasteiger partial charge is 0.491 e. The second-order valence-electron chi connectivity index (χ2n) is 9.21. The summed E-state index contributed by atoms with van der Waals surface area (Å²) >= 11 is 4.46. The highest BCUT2D eigenvalue weighted by atomic mass is 79.9. The van der Waals surface area contributed by atoms with Gasteiger partial charge in [-0.05, 0) is 67.4 Å². The summed E-state index contributed by atoms with van der Waals surface area (Å²) in [5, 5.41) is 11.8. The SMILES string of the molecule is C=CCOc1c(Br)cc(/C=c2\sc3n(c2=O)[C@@H](c2ccccc2OC(C)C)C(C(=O)OCC)=C(C)N=3)cc1[N+](=O)[O-]. The van der Waals surface area contributed by atoms with E-state index in [0.29, 0.717) is 31.8 Å². The number of halogens is 1. The maximum atomic E-state index is 14.0. The zero-order chi connectivity index (χ0) is 29.8. The van der Waals surface area contributed by atoms with Crippen LogP contribution in [0.5, 0.6) is 11.5 Å². The fourth-order valence-electron chi connectivity index (χ4n) is 4.41. The zero-order valence-electron chi connectivity index (χ0n) is 22.9. The Labute approximate surface area is 248 Å². The number of hydrogen-bond acceptors (Lipinski definition) is 9. The van der Waals surface area contributed by atoms with Crippen LogP contribution in [-0.4, -0.2) is 34.8 Å². The van der Waals surface area contributed by atoms with Gasteiger partial charge in [0.25, 0.3) is 5.56 Å². The lowest BCUT2D eigenvalue weighted by Gasteiger charge is -2.26. The first-order valence-corrected chi connectivity index (χ1v) is 14.3. The minimum Gasteiger partial charge on any atom is -0.491 e. The standard InChI is InChI=1S/C29H28BrN3O7S/c1-6-12-39-26-20(30)13-18(14-21(26)33(36)37)15-23-27(34)32-25(19-10-8-9-11-22(19)40-16(3)4)24(28(35)38-7-2)17(5)31-29(32)41-23/h6,8-11,13-16,25H,1,7,12H2,2-5H3/b23-15-/t25-/m0/s1. The van der Waals surface area contributed by atoms with Gasteiger partial charge in [0, 0.05) is 11.6 Å². The molecular weight excluding hydrogens is 614 g/mol. The van der Waals surface area contributed by atoms with E-state index in [1.165, 1.54) is 16.7 Å². The van der Waals surface area contributed by atoms with Gasteiger partial charge in [-0.3, -0.25) is 19.5 Å². The van der Waals surface area contributed by atoms with Gasteiger partial charge in [0.15, 0.2) is 4.80 Å². The van der Waals surface area contributed by atoms with Crippen LogP contribution in [0.25, 0.3) is 6.08 Å². The molecule has 4 rings (SSSR count). The average Bonchev–Trinajstić information content (AvgIpc) is 3.21. The lowest BCUT2D eigenvalue weighted by Crippen LogP contribution is -2.40. The Morgan fingerprint density at radius 2 is 2.05 bits per heavy atom. The van der Waals surface area contributed by atoms with E-state index < -0.39 is 22.5 Å². The number of esters is 1. The maximum Gasteiger partial charge on any atom is 0.338 e. The number of aromatic nitrogens is 1. The third-order valence-corrected chi connectivity index (χ3v) is 7.55. The zero-order valence-corrected chi connectivity index (χ0v) is 25.3. The lowest BCUT2D eigenvalue weighted by atomic mass is 9.95. The highest BCUT2D eigenvalue weighted by Gasteiger charge is 2.35. The van der Waals surface area contributed by atoms with Gasteiger partial charge in [-0.1, -0.05) is 42.2 Å². The van der Waals surface area contributed by atoms with E-state index >= 15 is 0 Å². The molecule has 0 bridgehead atoms. The van der Waals surface area contributed by atoms with Gasteiger partial charge < -0.3 is 14.2 Å². The second kappa shape index (κ2) is 12.6. The first-order valence-electron chi connectivity index (χ1n) is 12.7. The molecule has 0 aliphatic carbocycles. The average molecular weight is 643 g/mol. The second-order valence-corrected chi connectivity index (χ2v) is 11.1. The molecule has 0 unspecified atom stereocenters. The minimum atomic E-state index is -0.863. The number of allylic oxidation sites excluding steroid dienone is 1. The van der Waals surface area contributed by atoms with Crippen LogP contribution in [-0.2, 0) is 9.53 Å². The summed E-state index contributed by atoms with van der Waals surface area (Å²) in [6.45, 7) is 11.0. The number of thiazole rings is 1. The molecule has 1 aliphatic heterocycles. The number of rotatable bonds is 10. The number of nitro benzene ring substituents is 1. The van der Waals surface area contributed by atoms with E-state index in [9.17, 15) is 19.7 Å². The van der Waals surface area contributed by atoms with Crippen molar-refractivity contribution in [3.8, 4) is 11.5 Å². The number of ether oxygens (including phenoxy) is 3. The van der Waals surface area contributed by atoms with Crippen LogP contribution in [0.2, 0.25) is 0 Å². The van der Waals surface area contributed by atoms with Gasteiger partial charge in [-0.25, -0.2) is 9.79 Å². The van der Waals surface area contributed by atoms with Gasteiger partial charge in [0.05, 0.1) is 37.9 Å². The van der Waals surface area contributed by atoms with Crippen LogP contribution in [0, 0.1) is 10.1 Å². The third-order valence-electron chi connectivity index (χ3n) is 5.98. The van der Waals surface area contributed by atoms with Crippen LogP contribution in [0.1, 0.15) is 44.9 Å². The fraction of sp³-hybridized carbons (Fsp3) is 0.276. The normalized spacial score (nSPS) is 14.9. The molecule has 214 valence electrons. The predicted octanol–water partition coefficient (Wildman–Crippen LogP) is 4.82. The monoisotopic (exact) mass is 641 g/mol. The lowest BCUT2D eigenvalue weighted by molar-refractivity contribution is -0.385. The van der Waals surface area contributed by atoms with Crippen molar-refractivity contribution < 1.29 is 23.9 Å². The van der Waals surface area contributed by atoms with Gasteiger partial charge in [0.1, 0.15) is 18.4 Å². The molecule has 12 heteroatoms. The Morgan fingerprint density at radius 3 is 2.71 bits per heavy atom. The number of benzene rings is 2. The van der Waals surface area contributed by atoms with Crippen molar-refractivity contribution in [1.29, 1.82) is 0 Å². The number of fused-ring (bicyclic) bond motifs is 1. The topological polar surface area (TPSA) is 122 Å². The fourth-order valence-corrected chi connectivity index (χ4v) is 6.04. The molecule has 0 amide bonds. The molecule has 41 heavy (non-hydrogen) atoms. The van der Waals surface area contributed by atoms with E-state index in [1.807, 2.05) is 26.0 Å². The molecule has 1 aliphatic rings. The molecule has 10 nitrogen and oxygen atoms in total. The summed E-state index contributed by atoms with van der Waals surface area (Å²) in [5.74, 6) is 0.000247. The Kier molecular flexibility index (Phi) is 9.24. The molecule has 2 heterocycles. The summed E-state index contributed by atoms with van der Waals surface area (Å²) < 4.78 is 19.0. The Bertz CT molecular complexity index is 1740. The highest BCUT2D eigenvalue weighted by molar-refractivity contribution is 9.10. The summed E-state index contributed by atoms with van der Waals surface area (Å²) in [4.78, 5) is 43.4. The van der Waals surface area contributed by atoms with Gasteiger partial charge in [0.2, 0.25) is 5.75 Å². The molecule has 0 radical (unpaired) electrons. The van der Waals surface area contributed by atoms with Crippen LogP contribution in [0.3, 0.4) is 0 Å². The van der Waals surface area contributed by atoms with Crippen molar-refractivity contribution in [3.63, 3.8) is 0 Å². The number of carbonyl (C=O) groups excluding carboxylic acids is 1.